The number of carboxylic acids is 1. The first-order valence-corrected chi connectivity index (χ1v) is 5.86. The van der Waals surface area contributed by atoms with Crippen molar-refractivity contribution in [2.75, 3.05) is 0 Å². The van der Waals surface area contributed by atoms with Crippen molar-refractivity contribution in [3.05, 3.63) is 69.5 Å². The fourth-order valence-corrected chi connectivity index (χ4v) is 1.72. The molecule has 0 atom stereocenters. The molecule has 0 aliphatic heterocycles. The summed E-state index contributed by atoms with van der Waals surface area (Å²) in [6.07, 6.45) is 0. The third-order valence-corrected chi connectivity index (χ3v) is 2.69. The number of carbonyl (C=O) groups is 1. The van der Waals surface area contributed by atoms with Crippen LogP contribution in [0.15, 0.2) is 42.5 Å². The van der Waals surface area contributed by atoms with E-state index in [2.05, 4.69) is 0 Å². The molecule has 0 heterocycles. The standard InChI is InChI=1S/C14H10FNO5/c15-10-4-5-13(12(7-10)14(17)18)21-8-9-2-1-3-11(6-9)16(19)20/h1-7H,8H2,(H,17,18). The van der Waals surface area contributed by atoms with Crippen molar-refractivity contribution in [1.29, 1.82) is 0 Å². The average molecular weight is 291 g/mol. The van der Waals surface area contributed by atoms with Gasteiger partial charge in [0.25, 0.3) is 5.69 Å². The maximum Gasteiger partial charge on any atom is 0.339 e. The number of aromatic carboxylic acids is 1. The van der Waals surface area contributed by atoms with Crippen molar-refractivity contribution >= 4 is 11.7 Å². The first-order chi connectivity index (χ1) is 9.97. The van der Waals surface area contributed by atoms with Crippen molar-refractivity contribution in [2.24, 2.45) is 0 Å². The van der Waals surface area contributed by atoms with Crippen LogP contribution in [0.2, 0.25) is 0 Å². The van der Waals surface area contributed by atoms with Crippen LogP contribution >= 0.6 is 0 Å². The highest BCUT2D eigenvalue weighted by Gasteiger charge is 2.13. The highest BCUT2D eigenvalue weighted by molar-refractivity contribution is 5.90. The van der Waals surface area contributed by atoms with E-state index in [1.165, 1.54) is 24.3 Å². The van der Waals surface area contributed by atoms with Gasteiger partial charge in [-0.05, 0) is 23.8 Å². The molecule has 2 aromatic rings. The largest absolute Gasteiger partial charge is 0.488 e. The molecular weight excluding hydrogens is 281 g/mol. The number of benzene rings is 2. The van der Waals surface area contributed by atoms with E-state index in [0.717, 1.165) is 12.1 Å². The second kappa shape index (κ2) is 6.00. The predicted octanol–water partition coefficient (Wildman–Crippen LogP) is 3.01. The molecule has 108 valence electrons. The van der Waals surface area contributed by atoms with Gasteiger partial charge in [-0.3, -0.25) is 10.1 Å². The summed E-state index contributed by atoms with van der Waals surface area (Å²) in [6.45, 7) is -0.0619. The highest BCUT2D eigenvalue weighted by atomic mass is 19.1. The molecular formula is C14H10FNO5. The van der Waals surface area contributed by atoms with Crippen LogP contribution in [-0.2, 0) is 6.61 Å². The van der Waals surface area contributed by atoms with Crippen LogP contribution in [-0.4, -0.2) is 16.0 Å². The first kappa shape index (κ1) is 14.4. The summed E-state index contributed by atoms with van der Waals surface area (Å²) in [6, 6.07) is 8.90. The molecule has 0 unspecified atom stereocenters. The van der Waals surface area contributed by atoms with E-state index in [-0.39, 0.29) is 23.6 Å². The van der Waals surface area contributed by atoms with Gasteiger partial charge in [0.1, 0.15) is 23.7 Å². The van der Waals surface area contributed by atoms with Crippen LogP contribution in [0, 0.1) is 15.9 Å². The fraction of sp³-hybridized carbons (Fsp3) is 0.0714. The lowest BCUT2D eigenvalue weighted by Crippen LogP contribution is -2.04. The number of nitrogens with zero attached hydrogens (tertiary/aromatic N) is 1. The molecule has 2 rings (SSSR count). The topological polar surface area (TPSA) is 89.7 Å². The van der Waals surface area contributed by atoms with Crippen LogP contribution in [0.25, 0.3) is 0 Å². The zero-order chi connectivity index (χ0) is 15.4. The Morgan fingerprint density at radius 2 is 2.05 bits per heavy atom. The number of ether oxygens (including phenoxy) is 1. The molecule has 2 aromatic carbocycles. The molecule has 0 aliphatic rings. The van der Waals surface area contributed by atoms with Crippen molar-refractivity contribution in [3.63, 3.8) is 0 Å². The second-order valence-electron chi connectivity index (χ2n) is 4.16. The fourth-order valence-electron chi connectivity index (χ4n) is 1.72. The van der Waals surface area contributed by atoms with Gasteiger partial charge in [0.2, 0.25) is 0 Å². The Balaban J connectivity index is 2.18. The van der Waals surface area contributed by atoms with Gasteiger partial charge in [-0.2, -0.15) is 0 Å². The number of nitro groups is 1. The lowest BCUT2D eigenvalue weighted by molar-refractivity contribution is -0.384. The van der Waals surface area contributed by atoms with Crippen LogP contribution < -0.4 is 4.74 Å². The molecule has 0 radical (unpaired) electrons. The van der Waals surface area contributed by atoms with E-state index in [9.17, 15) is 19.3 Å². The summed E-state index contributed by atoms with van der Waals surface area (Å²) in [7, 11) is 0. The molecule has 0 aromatic heterocycles. The van der Waals surface area contributed by atoms with Crippen molar-refractivity contribution < 1.29 is 24.0 Å². The monoisotopic (exact) mass is 291 g/mol. The molecule has 0 saturated heterocycles. The molecule has 0 amide bonds. The van der Waals surface area contributed by atoms with Gasteiger partial charge in [0.15, 0.2) is 0 Å². The highest BCUT2D eigenvalue weighted by Crippen LogP contribution is 2.22. The number of carboxylic acid groups (broad SMARTS) is 1. The van der Waals surface area contributed by atoms with E-state index in [4.69, 9.17) is 9.84 Å². The maximum absolute atomic E-state index is 13.0. The minimum absolute atomic E-state index is 0.00425. The number of halogens is 1. The molecule has 7 heteroatoms. The Bertz CT molecular complexity index is 702. The first-order valence-electron chi connectivity index (χ1n) is 5.86. The number of rotatable bonds is 5. The number of nitro benzene ring substituents is 1. The van der Waals surface area contributed by atoms with Gasteiger partial charge in [-0.1, -0.05) is 12.1 Å². The third-order valence-electron chi connectivity index (χ3n) is 2.69. The van der Waals surface area contributed by atoms with Crippen molar-refractivity contribution in [3.8, 4) is 5.75 Å². The van der Waals surface area contributed by atoms with Gasteiger partial charge in [0.05, 0.1) is 4.92 Å². The van der Waals surface area contributed by atoms with Gasteiger partial charge >= 0.3 is 5.97 Å². The lowest BCUT2D eigenvalue weighted by Gasteiger charge is -2.09. The Morgan fingerprint density at radius 1 is 1.29 bits per heavy atom. The summed E-state index contributed by atoms with van der Waals surface area (Å²) in [4.78, 5) is 21.1. The molecule has 0 saturated carbocycles. The molecule has 21 heavy (non-hydrogen) atoms. The quantitative estimate of drug-likeness (QED) is 0.675. The summed E-state index contributed by atoms with van der Waals surface area (Å²) < 4.78 is 18.3. The van der Waals surface area contributed by atoms with Crippen LogP contribution in [0.3, 0.4) is 0 Å². The Labute approximate surface area is 118 Å². The number of hydrogen-bond donors (Lipinski definition) is 1. The summed E-state index contributed by atoms with van der Waals surface area (Å²) in [5.74, 6) is -2.01. The molecule has 0 fully saturated rings. The van der Waals surface area contributed by atoms with Crippen molar-refractivity contribution in [1.82, 2.24) is 0 Å². The maximum atomic E-state index is 13.0. The zero-order valence-electron chi connectivity index (χ0n) is 10.7. The Kier molecular flexibility index (Phi) is 4.13. The minimum atomic E-state index is -1.32. The molecule has 0 spiro atoms. The molecule has 1 N–H and O–H groups in total. The SMILES string of the molecule is O=C(O)c1cc(F)ccc1OCc1cccc([N+](=O)[O-])c1. The van der Waals surface area contributed by atoms with Gasteiger partial charge in [-0.15, -0.1) is 0 Å². The van der Waals surface area contributed by atoms with Crippen molar-refractivity contribution in [2.45, 2.75) is 6.61 Å². The molecule has 0 aliphatic carbocycles. The summed E-state index contributed by atoms with van der Waals surface area (Å²) in [5, 5.41) is 19.6. The smallest absolute Gasteiger partial charge is 0.339 e. The van der Waals surface area contributed by atoms with Gasteiger partial charge in [-0.25, -0.2) is 9.18 Å². The second-order valence-corrected chi connectivity index (χ2v) is 4.16. The Morgan fingerprint density at radius 3 is 2.71 bits per heavy atom. The average Bonchev–Trinajstić information content (AvgIpc) is 2.46. The number of hydrogen-bond acceptors (Lipinski definition) is 4. The summed E-state index contributed by atoms with van der Waals surface area (Å²) >= 11 is 0. The Hall–Kier alpha value is -2.96. The lowest BCUT2D eigenvalue weighted by atomic mass is 10.2. The van der Waals surface area contributed by atoms with E-state index in [0.29, 0.717) is 5.56 Å². The van der Waals surface area contributed by atoms with Gasteiger partial charge < -0.3 is 9.84 Å². The predicted molar refractivity (Wildman–Crippen MR) is 70.8 cm³/mol. The molecule has 6 nitrogen and oxygen atoms in total. The van der Waals surface area contributed by atoms with E-state index >= 15 is 0 Å². The molecule has 0 bridgehead atoms. The normalized spacial score (nSPS) is 10.1. The van der Waals surface area contributed by atoms with Crippen LogP contribution in [0.5, 0.6) is 5.75 Å². The number of non-ortho nitro benzene ring substituents is 1. The minimum Gasteiger partial charge on any atom is -0.488 e. The van der Waals surface area contributed by atoms with Gasteiger partial charge in [0, 0.05) is 12.1 Å². The summed E-state index contributed by atoms with van der Waals surface area (Å²) in [5.41, 5.74) is 0.110. The van der Waals surface area contributed by atoms with E-state index in [1.807, 2.05) is 0 Å². The van der Waals surface area contributed by atoms with Crippen LogP contribution in [0.4, 0.5) is 10.1 Å². The zero-order valence-corrected chi connectivity index (χ0v) is 10.7. The third kappa shape index (κ3) is 3.53. The van der Waals surface area contributed by atoms with E-state index < -0.39 is 16.7 Å². The van der Waals surface area contributed by atoms with Crippen LogP contribution in [0.1, 0.15) is 15.9 Å². The van der Waals surface area contributed by atoms with E-state index in [1.54, 1.807) is 6.07 Å².